The molecule has 0 aliphatic carbocycles. The fraction of sp³-hybridized carbons (Fsp3) is 0.545. The summed E-state index contributed by atoms with van der Waals surface area (Å²) in [5.41, 5.74) is 0. The largest absolute Gasteiger partial charge is 0.465 e. The van der Waals surface area contributed by atoms with Crippen molar-refractivity contribution in [3.05, 3.63) is 18.7 Å². The zero-order valence-corrected chi connectivity index (χ0v) is 11.3. The molecule has 0 spiro atoms. The third kappa shape index (κ3) is 3.21. The average Bonchev–Trinajstić information content (AvgIpc) is 2.91. The average molecular weight is 284 g/mol. The van der Waals surface area contributed by atoms with E-state index in [-0.39, 0.29) is 12.1 Å². The Kier molecular flexibility index (Phi) is 4.33. The van der Waals surface area contributed by atoms with Crippen LogP contribution in [0.4, 0.5) is 4.79 Å². The Morgan fingerprint density at radius 3 is 3.00 bits per heavy atom. The molecule has 2 atom stereocenters. The van der Waals surface area contributed by atoms with Crippen LogP contribution in [0.15, 0.2) is 18.7 Å². The molecule has 1 aromatic heterocycles. The SMILES string of the molecule is CO[C@@H]1CN(C(=S)n2ccnc2)CC[C@@H]1NC(=O)O. The Hall–Kier alpha value is -1.67. The molecule has 8 heteroatoms. The van der Waals surface area contributed by atoms with Crippen LogP contribution in [0.2, 0.25) is 0 Å². The van der Waals surface area contributed by atoms with Gasteiger partial charge < -0.3 is 20.1 Å². The van der Waals surface area contributed by atoms with Gasteiger partial charge in [0, 0.05) is 32.6 Å². The highest BCUT2D eigenvalue weighted by Gasteiger charge is 2.31. The third-order valence-corrected chi connectivity index (χ3v) is 3.64. The van der Waals surface area contributed by atoms with Crippen LogP contribution in [0.1, 0.15) is 6.42 Å². The number of nitrogens with one attached hydrogen (secondary N) is 1. The summed E-state index contributed by atoms with van der Waals surface area (Å²) in [4.78, 5) is 16.7. The van der Waals surface area contributed by atoms with E-state index in [0.29, 0.717) is 24.6 Å². The van der Waals surface area contributed by atoms with Gasteiger partial charge in [-0.3, -0.25) is 4.57 Å². The first-order valence-corrected chi connectivity index (χ1v) is 6.32. The molecule has 104 valence electrons. The fourth-order valence-electron chi connectivity index (χ4n) is 2.19. The number of amides is 1. The van der Waals surface area contributed by atoms with Crippen LogP contribution in [-0.4, -0.2) is 63.1 Å². The van der Waals surface area contributed by atoms with Crippen LogP contribution in [-0.2, 0) is 4.74 Å². The van der Waals surface area contributed by atoms with Gasteiger partial charge in [0.25, 0.3) is 0 Å². The summed E-state index contributed by atoms with van der Waals surface area (Å²) in [6.45, 7) is 1.24. The lowest BCUT2D eigenvalue weighted by Crippen LogP contribution is -2.56. The van der Waals surface area contributed by atoms with Crippen molar-refractivity contribution in [2.24, 2.45) is 0 Å². The summed E-state index contributed by atoms with van der Waals surface area (Å²) in [5, 5.41) is 11.9. The number of hydrogen-bond acceptors (Lipinski definition) is 4. The van der Waals surface area contributed by atoms with Crippen LogP contribution in [0, 0.1) is 0 Å². The molecule has 0 unspecified atom stereocenters. The minimum absolute atomic E-state index is 0.204. The standard InChI is InChI=1S/C11H16N4O3S/c1-18-9-6-14(4-2-8(9)13-10(16)17)11(19)15-5-3-12-7-15/h3,5,7-9,13H,2,4,6H2,1H3,(H,16,17)/t8-,9+/m0/s1. The summed E-state index contributed by atoms with van der Waals surface area (Å²) in [7, 11) is 1.57. The maximum atomic E-state index is 10.7. The lowest BCUT2D eigenvalue weighted by Gasteiger charge is -2.38. The predicted octanol–water partition coefficient (Wildman–Crippen LogP) is 0.373. The minimum atomic E-state index is -1.03. The topological polar surface area (TPSA) is 79.6 Å². The molecule has 0 saturated carbocycles. The molecule has 2 N–H and O–H groups in total. The van der Waals surface area contributed by atoms with Crippen molar-refractivity contribution in [3.63, 3.8) is 0 Å². The monoisotopic (exact) mass is 284 g/mol. The van der Waals surface area contributed by atoms with Crippen molar-refractivity contribution in [3.8, 4) is 0 Å². The van der Waals surface area contributed by atoms with E-state index in [0.717, 1.165) is 0 Å². The Labute approximate surface area is 116 Å². The Morgan fingerprint density at radius 2 is 2.42 bits per heavy atom. The number of nitrogens with zero attached hydrogens (tertiary/aromatic N) is 3. The van der Waals surface area contributed by atoms with Crippen molar-refractivity contribution in [2.45, 2.75) is 18.6 Å². The van der Waals surface area contributed by atoms with Crippen LogP contribution in [0.3, 0.4) is 0 Å². The Morgan fingerprint density at radius 1 is 1.63 bits per heavy atom. The Bertz CT molecular complexity index is 451. The van der Waals surface area contributed by atoms with Gasteiger partial charge in [-0.05, 0) is 18.6 Å². The zero-order valence-electron chi connectivity index (χ0n) is 10.5. The summed E-state index contributed by atoms with van der Waals surface area (Å²) in [5.74, 6) is 0. The van der Waals surface area contributed by atoms with E-state index < -0.39 is 6.09 Å². The molecular weight excluding hydrogens is 268 g/mol. The fourth-order valence-corrected chi connectivity index (χ4v) is 2.46. The summed E-state index contributed by atoms with van der Waals surface area (Å²) in [6.07, 6.45) is 4.50. The van der Waals surface area contributed by atoms with E-state index in [4.69, 9.17) is 22.1 Å². The molecule has 2 rings (SSSR count). The number of ether oxygens (including phenoxy) is 1. The molecule has 1 aliphatic rings. The van der Waals surface area contributed by atoms with Gasteiger partial charge in [0.15, 0.2) is 5.11 Å². The molecule has 0 radical (unpaired) electrons. The van der Waals surface area contributed by atoms with Crippen LogP contribution >= 0.6 is 12.2 Å². The highest BCUT2D eigenvalue weighted by Crippen LogP contribution is 2.15. The summed E-state index contributed by atoms with van der Waals surface area (Å²) < 4.78 is 7.11. The number of imidazole rings is 1. The number of thiocarbonyl (C=S) groups is 1. The summed E-state index contributed by atoms with van der Waals surface area (Å²) in [6, 6.07) is -0.204. The van der Waals surface area contributed by atoms with Gasteiger partial charge in [0.05, 0.1) is 12.1 Å². The van der Waals surface area contributed by atoms with Crippen LogP contribution < -0.4 is 5.32 Å². The molecule has 1 fully saturated rings. The molecule has 1 saturated heterocycles. The minimum Gasteiger partial charge on any atom is -0.465 e. The van der Waals surface area contributed by atoms with E-state index in [1.165, 1.54) is 0 Å². The van der Waals surface area contributed by atoms with Crippen molar-refractivity contribution in [2.75, 3.05) is 20.2 Å². The quantitative estimate of drug-likeness (QED) is 0.764. The van der Waals surface area contributed by atoms with Crippen molar-refractivity contribution < 1.29 is 14.6 Å². The second kappa shape index (κ2) is 5.98. The van der Waals surface area contributed by atoms with E-state index in [1.807, 2.05) is 4.90 Å². The maximum Gasteiger partial charge on any atom is 0.404 e. The van der Waals surface area contributed by atoms with Gasteiger partial charge in [-0.15, -0.1) is 0 Å². The number of hydrogen-bond donors (Lipinski definition) is 2. The smallest absolute Gasteiger partial charge is 0.404 e. The number of carboxylic acid groups (broad SMARTS) is 1. The number of piperidine rings is 1. The van der Waals surface area contributed by atoms with Crippen LogP contribution in [0.5, 0.6) is 0 Å². The Balaban J connectivity index is 2.00. The predicted molar refractivity (Wildman–Crippen MR) is 72.2 cm³/mol. The van der Waals surface area contributed by atoms with Gasteiger partial charge in [-0.2, -0.15) is 0 Å². The number of rotatable bonds is 2. The van der Waals surface area contributed by atoms with Crippen molar-refractivity contribution in [1.29, 1.82) is 0 Å². The van der Waals surface area contributed by atoms with Crippen molar-refractivity contribution in [1.82, 2.24) is 19.8 Å². The van der Waals surface area contributed by atoms with E-state index in [2.05, 4.69) is 10.3 Å². The highest BCUT2D eigenvalue weighted by atomic mass is 32.1. The number of likely N-dealkylation sites (tertiary alicyclic amines) is 1. The molecule has 7 nitrogen and oxygen atoms in total. The molecule has 19 heavy (non-hydrogen) atoms. The molecule has 0 bridgehead atoms. The van der Waals surface area contributed by atoms with Gasteiger partial charge in [0.2, 0.25) is 0 Å². The summed E-state index contributed by atoms with van der Waals surface area (Å²) >= 11 is 5.38. The number of carbonyl (C=O) groups is 1. The van der Waals surface area contributed by atoms with Gasteiger partial charge in [-0.25, -0.2) is 9.78 Å². The van der Waals surface area contributed by atoms with E-state index >= 15 is 0 Å². The third-order valence-electron chi connectivity index (χ3n) is 3.17. The maximum absolute atomic E-state index is 10.7. The molecular formula is C11H16N4O3S. The molecule has 1 aromatic rings. The van der Waals surface area contributed by atoms with Crippen molar-refractivity contribution >= 4 is 23.4 Å². The molecule has 2 heterocycles. The second-order valence-corrected chi connectivity index (χ2v) is 4.68. The van der Waals surface area contributed by atoms with Crippen LogP contribution in [0.25, 0.3) is 0 Å². The van der Waals surface area contributed by atoms with E-state index in [1.54, 1.807) is 30.4 Å². The number of aromatic nitrogens is 2. The lowest BCUT2D eigenvalue weighted by atomic mass is 10.0. The first kappa shape index (κ1) is 13.8. The zero-order chi connectivity index (χ0) is 13.8. The number of methoxy groups -OCH3 is 1. The molecule has 1 amide bonds. The first-order chi connectivity index (χ1) is 9.11. The van der Waals surface area contributed by atoms with Gasteiger partial charge in [-0.1, -0.05) is 0 Å². The normalized spacial score (nSPS) is 23.1. The highest BCUT2D eigenvalue weighted by molar-refractivity contribution is 7.80. The van der Waals surface area contributed by atoms with Gasteiger partial charge >= 0.3 is 6.09 Å². The lowest BCUT2D eigenvalue weighted by molar-refractivity contribution is 0.0265. The molecule has 0 aromatic carbocycles. The first-order valence-electron chi connectivity index (χ1n) is 5.91. The van der Waals surface area contributed by atoms with E-state index in [9.17, 15) is 4.79 Å². The second-order valence-electron chi connectivity index (χ2n) is 4.32. The molecule has 1 aliphatic heterocycles. The van der Waals surface area contributed by atoms with Gasteiger partial charge in [0.1, 0.15) is 6.33 Å².